The summed E-state index contributed by atoms with van der Waals surface area (Å²) in [6.45, 7) is 2.06. The largest absolute Gasteiger partial charge is 0.326 e. The fourth-order valence-electron chi connectivity index (χ4n) is 3.28. The first kappa shape index (κ1) is 21.3. The van der Waals surface area contributed by atoms with Crippen LogP contribution in [0.5, 0.6) is 0 Å². The molecule has 0 aliphatic carbocycles. The molecule has 3 rings (SSSR count). The normalized spacial score (nSPS) is 14.3. The van der Waals surface area contributed by atoms with Crippen molar-refractivity contribution in [3.8, 4) is 0 Å². The van der Waals surface area contributed by atoms with Crippen molar-refractivity contribution >= 4 is 37.1 Å². The first-order valence-electron chi connectivity index (χ1n) is 9.44. The molecule has 9 heteroatoms. The van der Waals surface area contributed by atoms with Gasteiger partial charge in [-0.05, 0) is 55.7 Å². The Labute approximate surface area is 171 Å². The van der Waals surface area contributed by atoms with E-state index in [0.717, 1.165) is 12.0 Å². The van der Waals surface area contributed by atoms with Crippen LogP contribution in [0.4, 0.5) is 11.4 Å². The lowest BCUT2D eigenvalue weighted by Gasteiger charge is -2.30. The summed E-state index contributed by atoms with van der Waals surface area (Å²) in [6.07, 6.45) is 1.26. The van der Waals surface area contributed by atoms with E-state index in [1.165, 1.54) is 16.4 Å². The van der Waals surface area contributed by atoms with Crippen LogP contribution in [0.15, 0.2) is 53.4 Å². The number of aryl methyl sites for hydroxylation is 1. The zero-order valence-electron chi connectivity index (χ0n) is 16.2. The summed E-state index contributed by atoms with van der Waals surface area (Å²) in [5, 5.41) is 2.71. The van der Waals surface area contributed by atoms with E-state index in [4.69, 9.17) is 0 Å². The van der Waals surface area contributed by atoms with E-state index in [0.29, 0.717) is 24.3 Å². The lowest BCUT2D eigenvalue weighted by molar-refractivity contribution is -0.115. The van der Waals surface area contributed by atoms with Gasteiger partial charge >= 0.3 is 0 Å². The minimum atomic E-state index is -3.52. The highest BCUT2D eigenvalue weighted by Gasteiger charge is 2.26. The third-order valence-corrected chi connectivity index (χ3v) is 8.35. The average molecular weight is 437 g/mol. The Hall–Kier alpha value is -2.39. The summed E-state index contributed by atoms with van der Waals surface area (Å²) in [6, 6.07) is 13.1. The van der Waals surface area contributed by atoms with Gasteiger partial charge in [-0.25, -0.2) is 16.8 Å². The SMILES string of the molecule is CCS(=O)(=O)N1CCCc2cc(NC(=O)CCS(=O)(=O)c3ccccc3)ccc21. The van der Waals surface area contributed by atoms with Crippen molar-refractivity contribution in [2.24, 2.45) is 0 Å². The van der Waals surface area contributed by atoms with Crippen LogP contribution in [-0.2, 0) is 31.1 Å². The number of nitrogens with zero attached hydrogens (tertiary/aromatic N) is 1. The minimum Gasteiger partial charge on any atom is -0.326 e. The van der Waals surface area contributed by atoms with Crippen LogP contribution in [0.1, 0.15) is 25.3 Å². The predicted octanol–water partition coefficient (Wildman–Crippen LogP) is 2.59. The van der Waals surface area contributed by atoms with E-state index in [2.05, 4.69) is 5.32 Å². The number of anilines is 2. The van der Waals surface area contributed by atoms with Gasteiger partial charge in [-0.15, -0.1) is 0 Å². The molecule has 1 aliphatic heterocycles. The fourth-order valence-corrected chi connectivity index (χ4v) is 5.74. The van der Waals surface area contributed by atoms with E-state index in [9.17, 15) is 21.6 Å². The summed E-state index contributed by atoms with van der Waals surface area (Å²) in [5.74, 6) is -0.657. The van der Waals surface area contributed by atoms with Crippen molar-refractivity contribution in [1.29, 1.82) is 0 Å². The molecule has 29 heavy (non-hydrogen) atoms. The number of fused-ring (bicyclic) bond motifs is 1. The molecule has 0 fully saturated rings. The maximum absolute atomic E-state index is 12.3. The Morgan fingerprint density at radius 3 is 2.48 bits per heavy atom. The molecule has 7 nitrogen and oxygen atoms in total. The highest BCUT2D eigenvalue weighted by atomic mass is 32.2. The van der Waals surface area contributed by atoms with Crippen molar-refractivity contribution < 1.29 is 21.6 Å². The molecule has 0 spiro atoms. The smallest absolute Gasteiger partial charge is 0.234 e. The van der Waals surface area contributed by atoms with Crippen LogP contribution in [0.2, 0.25) is 0 Å². The maximum atomic E-state index is 12.3. The maximum Gasteiger partial charge on any atom is 0.234 e. The molecule has 0 atom stereocenters. The van der Waals surface area contributed by atoms with Crippen molar-refractivity contribution in [3.63, 3.8) is 0 Å². The highest BCUT2D eigenvalue weighted by Crippen LogP contribution is 2.31. The molecule has 1 aliphatic rings. The van der Waals surface area contributed by atoms with Crippen LogP contribution < -0.4 is 9.62 Å². The number of carbonyl (C=O) groups excluding carboxylic acids is 1. The monoisotopic (exact) mass is 436 g/mol. The van der Waals surface area contributed by atoms with Gasteiger partial charge in [0.05, 0.1) is 22.1 Å². The quantitative estimate of drug-likeness (QED) is 0.719. The van der Waals surface area contributed by atoms with Crippen LogP contribution >= 0.6 is 0 Å². The standard InChI is InChI=1S/C20H24N2O5S2/c1-2-29(26,27)22-13-6-7-16-15-17(10-11-19(16)22)21-20(23)12-14-28(24,25)18-8-4-3-5-9-18/h3-5,8-11,15H,2,6-7,12-14H2,1H3,(H,21,23). The Morgan fingerprint density at radius 1 is 1.07 bits per heavy atom. The van der Waals surface area contributed by atoms with Crippen molar-refractivity contribution in [2.45, 2.75) is 31.1 Å². The summed E-state index contributed by atoms with van der Waals surface area (Å²) >= 11 is 0. The number of nitrogens with one attached hydrogen (secondary N) is 1. The summed E-state index contributed by atoms with van der Waals surface area (Å²) in [7, 11) is -6.87. The van der Waals surface area contributed by atoms with E-state index in [1.807, 2.05) is 0 Å². The zero-order valence-corrected chi connectivity index (χ0v) is 17.8. The van der Waals surface area contributed by atoms with Gasteiger partial charge in [-0.2, -0.15) is 0 Å². The Morgan fingerprint density at radius 2 is 1.79 bits per heavy atom. The van der Waals surface area contributed by atoms with Gasteiger partial charge in [-0.1, -0.05) is 18.2 Å². The van der Waals surface area contributed by atoms with Gasteiger partial charge in [0.1, 0.15) is 0 Å². The van der Waals surface area contributed by atoms with E-state index in [-0.39, 0.29) is 22.8 Å². The molecule has 0 saturated carbocycles. The van der Waals surface area contributed by atoms with Crippen LogP contribution in [-0.4, -0.2) is 40.8 Å². The zero-order chi connectivity index (χ0) is 21.1. The van der Waals surface area contributed by atoms with E-state index in [1.54, 1.807) is 43.3 Å². The van der Waals surface area contributed by atoms with Gasteiger partial charge in [0.15, 0.2) is 9.84 Å². The predicted molar refractivity (Wildman–Crippen MR) is 113 cm³/mol. The molecule has 0 bridgehead atoms. The number of carbonyl (C=O) groups is 1. The average Bonchev–Trinajstić information content (AvgIpc) is 2.72. The molecule has 1 N–H and O–H groups in total. The Balaban J connectivity index is 1.68. The molecular formula is C20H24N2O5S2. The van der Waals surface area contributed by atoms with Crippen molar-refractivity contribution in [3.05, 3.63) is 54.1 Å². The summed E-state index contributed by atoms with van der Waals surface area (Å²) in [5.41, 5.74) is 2.02. The number of hydrogen-bond acceptors (Lipinski definition) is 5. The third-order valence-electron chi connectivity index (χ3n) is 4.84. The molecule has 0 radical (unpaired) electrons. The van der Waals surface area contributed by atoms with E-state index >= 15 is 0 Å². The van der Waals surface area contributed by atoms with Crippen LogP contribution in [0.25, 0.3) is 0 Å². The van der Waals surface area contributed by atoms with Crippen LogP contribution in [0.3, 0.4) is 0 Å². The second-order valence-electron chi connectivity index (χ2n) is 6.85. The first-order valence-corrected chi connectivity index (χ1v) is 12.7. The molecule has 2 aromatic rings. The molecule has 0 aromatic heterocycles. The molecule has 2 aromatic carbocycles. The highest BCUT2D eigenvalue weighted by molar-refractivity contribution is 7.92. The lowest BCUT2D eigenvalue weighted by Crippen LogP contribution is -2.36. The number of sulfonamides is 1. The fraction of sp³-hybridized carbons (Fsp3) is 0.350. The summed E-state index contributed by atoms with van der Waals surface area (Å²) < 4.78 is 50.6. The number of rotatable bonds is 7. The number of hydrogen-bond donors (Lipinski definition) is 1. The van der Waals surface area contributed by atoms with Gasteiger partial charge in [0.25, 0.3) is 0 Å². The number of sulfone groups is 1. The van der Waals surface area contributed by atoms with Gasteiger partial charge in [0.2, 0.25) is 15.9 Å². The molecule has 1 heterocycles. The molecule has 156 valence electrons. The Kier molecular flexibility index (Phi) is 6.28. The summed E-state index contributed by atoms with van der Waals surface area (Å²) in [4.78, 5) is 12.4. The molecular weight excluding hydrogens is 412 g/mol. The van der Waals surface area contributed by atoms with Gasteiger partial charge < -0.3 is 5.32 Å². The lowest BCUT2D eigenvalue weighted by atomic mass is 10.0. The minimum absolute atomic E-state index is 0.0286. The topological polar surface area (TPSA) is 101 Å². The van der Waals surface area contributed by atoms with E-state index < -0.39 is 25.8 Å². The van der Waals surface area contributed by atoms with Crippen molar-refractivity contribution in [2.75, 3.05) is 27.7 Å². The first-order chi connectivity index (χ1) is 13.7. The van der Waals surface area contributed by atoms with Gasteiger partial charge in [0, 0.05) is 18.7 Å². The number of benzene rings is 2. The molecule has 0 unspecified atom stereocenters. The van der Waals surface area contributed by atoms with Gasteiger partial charge in [-0.3, -0.25) is 9.10 Å². The third kappa shape index (κ3) is 4.97. The molecule has 0 saturated heterocycles. The Bertz CT molecular complexity index is 1100. The second kappa shape index (κ2) is 8.54. The number of amides is 1. The second-order valence-corrected chi connectivity index (χ2v) is 11.1. The van der Waals surface area contributed by atoms with Crippen LogP contribution in [0, 0.1) is 0 Å². The van der Waals surface area contributed by atoms with Crippen molar-refractivity contribution in [1.82, 2.24) is 0 Å². The molecule has 1 amide bonds.